The maximum atomic E-state index is 4.97. The predicted octanol–water partition coefficient (Wildman–Crippen LogP) is 6.78. The summed E-state index contributed by atoms with van der Waals surface area (Å²) in [6, 6.07) is 34.0. The van der Waals surface area contributed by atoms with Crippen molar-refractivity contribution in [2.45, 2.75) is 6.42 Å². The lowest BCUT2D eigenvalue weighted by molar-refractivity contribution is 1.09. The maximum absolute atomic E-state index is 4.97. The van der Waals surface area contributed by atoms with Gasteiger partial charge in [0.2, 0.25) is 5.78 Å². The lowest BCUT2D eigenvalue weighted by Gasteiger charge is -2.09. The Balaban J connectivity index is 1.59. The summed E-state index contributed by atoms with van der Waals surface area (Å²) in [7, 11) is 0. The first kappa shape index (κ1) is 17.5. The number of nitrogens with zero attached hydrogens (tertiary/aromatic N) is 3. The number of para-hydroxylation sites is 4. The Hall–Kier alpha value is -3.37. The molecule has 0 saturated heterocycles. The molecular formula is C26H18BrN3. The average Bonchev–Trinajstić information content (AvgIpc) is 3.30. The van der Waals surface area contributed by atoms with Gasteiger partial charge in [-0.25, -0.2) is 4.98 Å². The molecule has 144 valence electrons. The van der Waals surface area contributed by atoms with Crippen LogP contribution in [-0.4, -0.2) is 14.0 Å². The van der Waals surface area contributed by atoms with Crippen LogP contribution in [0.25, 0.3) is 33.5 Å². The first-order valence-electron chi connectivity index (χ1n) is 9.99. The lowest BCUT2D eigenvalue weighted by Crippen LogP contribution is -1.97. The molecule has 0 fully saturated rings. The number of rotatable bonds is 3. The van der Waals surface area contributed by atoms with Crippen LogP contribution in [0.1, 0.15) is 11.1 Å². The molecule has 0 aliphatic heterocycles. The fraction of sp³-hybridized carbons (Fsp3) is 0.0385. The van der Waals surface area contributed by atoms with E-state index in [2.05, 4.69) is 116 Å². The fourth-order valence-corrected chi connectivity index (χ4v) is 4.70. The second-order valence-corrected chi connectivity index (χ2v) is 8.35. The summed E-state index contributed by atoms with van der Waals surface area (Å²) in [5.74, 6) is 0.940. The molecule has 0 atom stereocenters. The normalized spacial score (nSPS) is 11.6. The van der Waals surface area contributed by atoms with Crippen LogP contribution in [0, 0.1) is 0 Å². The third-order valence-electron chi connectivity index (χ3n) is 5.63. The zero-order valence-corrected chi connectivity index (χ0v) is 17.8. The smallest absolute Gasteiger partial charge is 0.220 e. The first-order valence-corrected chi connectivity index (χ1v) is 10.8. The topological polar surface area (TPSA) is 22.2 Å². The SMILES string of the molecule is Brc1ccccc1Cc1cccc(-n2c3ccccc3n3c4ccccc4nc23)c1. The molecule has 6 aromatic rings. The van der Waals surface area contributed by atoms with Crippen LogP contribution in [0.15, 0.2) is 102 Å². The van der Waals surface area contributed by atoms with Gasteiger partial charge in [0.05, 0.1) is 22.1 Å². The summed E-state index contributed by atoms with van der Waals surface area (Å²) < 4.78 is 5.66. The molecule has 2 aromatic heterocycles. The molecule has 0 unspecified atom stereocenters. The Morgan fingerprint density at radius 1 is 0.700 bits per heavy atom. The Bertz CT molecular complexity index is 1540. The third-order valence-corrected chi connectivity index (χ3v) is 6.40. The minimum absolute atomic E-state index is 0.876. The summed E-state index contributed by atoms with van der Waals surface area (Å²) in [6.45, 7) is 0. The van der Waals surface area contributed by atoms with Gasteiger partial charge in [-0.1, -0.05) is 70.5 Å². The third kappa shape index (κ3) is 2.68. The van der Waals surface area contributed by atoms with Crippen molar-refractivity contribution in [2.24, 2.45) is 0 Å². The van der Waals surface area contributed by atoms with Crippen molar-refractivity contribution < 1.29 is 0 Å². The summed E-state index contributed by atoms with van der Waals surface area (Å²) in [6.07, 6.45) is 0.876. The van der Waals surface area contributed by atoms with Gasteiger partial charge in [-0.05, 0) is 60.0 Å². The highest BCUT2D eigenvalue weighted by atomic mass is 79.9. The second kappa shape index (κ2) is 6.85. The molecule has 0 spiro atoms. The molecule has 0 bridgehead atoms. The van der Waals surface area contributed by atoms with Gasteiger partial charge < -0.3 is 0 Å². The fourth-order valence-electron chi connectivity index (χ4n) is 4.27. The molecule has 0 N–H and O–H groups in total. The zero-order valence-electron chi connectivity index (χ0n) is 16.2. The van der Waals surface area contributed by atoms with Crippen molar-refractivity contribution in [2.75, 3.05) is 0 Å². The van der Waals surface area contributed by atoms with Crippen molar-refractivity contribution in [3.8, 4) is 5.69 Å². The van der Waals surface area contributed by atoms with Crippen molar-refractivity contribution in [1.29, 1.82) is 0 Å². The van der Waals surface area contributed by atoms with Gasteiger partial charge in [-0.2, -0.15) is 0 Å². The zero-order chi connectivity index (χ0) is 20.1. The molecule has 2 heterocycles. The standard InChI is InChI=1S/C26H18BrN3/c27-21-11-2-1-9-19(21)16-18-8-7-10-20(17-18)29-24-14-5-6-15-25(24)30-23-13-4-3-12-22(23)28-26(29)30/h1-15,17H,16H2. The first-order chi connectivity index (χ1) is 14.8. The molecular weight excluding hydrogens is 434 g/mol. The van der Waals surface area contributed by atoms with Crippen molar-refractivity contribution in [3.05, 3.63) is 113 Å². The summed E-state index contributed by atoms with van der Waals surface area (Å²) in [5.41, 5.74) is 8.14. The molecule has 6 rings (SSSR count). The van der Waals surface area contributed by atoms with E-state index in [1.54, 1.807) is 0 Å². The van der Waals surface area contributed by atoms with Crippen LogP contribution >= 0.6 is 15.9 Å². The highest BCUT2D eigenvalue weighted by Gasteiger charge is 2.16. The Morgan fingerprint density at radius 2 is 1.43 bits per heavy atom. The van der Waals surface area contributed by atoms with Gasteiger partial charge in [0, 0.05) is 10.2 Å². The van der Waals surface area contributed by atoms with E-state index >= 15 is 0 Å². The molecule has 4 aromatic carbocycles. The molecule has 0 aliphatic rings. The molecule has 0 saturated carbocycles. The van der Waals surface area contributed by atoms with E-state index in [1.807, 2.05) is 6.07 Å². The largest absolute Gasteiger partial charge is 0.278 e. The molecule has 4 heteroatoms. The molecule has 30 heavy (non-hydrogen) atoms. The number of halogens is 1. The highest BCUT2D eigenvalue weighted by molar-refractivity contribution is 9.10. The molecule has 3 nitrogen and oxygen atoms in total. The van der Waals surface area contributed by atoms with Gasteiger partial charge in [0.25, 0.3) is 0 Å². The van der Waals surface area contributed by atoms with E-state index in [1.165, 1.54) is 11.1 Å². The van der Waals surface area contributed by atoms with Gasteiger partial charge in [0.1, 0.15) is 0 Å². The van der Waals surface area contributed by atoms with Crippen LogP contribution in [0.4, 0.5) is 0 Å². The summed E-state index contributed by atoms with van der Waals surface area (Å²) in [4.78, 5) is 4.97. The van der Waals surface area contributed by atoms with E-state index in [0.717, 1.165) is 44.4 Å². The second-order valence-electron chi connectivity index (χ2n) is 7.50. The van der Waals surface area contributed by atoms with Crippen molar-refractivity contribution in [3.63, 3.8) is 0 Å². The number of imidazole rings is 2. The quantitative estimate of drug-likeness (QED) is 0.290. The maximum Gasteiger partial charge on any atom is 0.220 e. The van der Waals surface area contributed by atoms with Crippen LogP contribution in [0.3, 0.4) is 0 Å². The van der Waals surface area contributed by atoms with Crippen molar-refractivity contribution in [1.82, 2.24) is 14.0 Å². The van der Waals surface area contributed by atoms with Crippen LogP contribution in [0.5, 0.6) is 0 Å². The van der Waals surface area contributed by atoms with E-state index in [9.17, 15) is 0 Å². The van der Waals surface area contributed by atoms with Gasteiger partial charge in [-0.3, -0.25) is 8.97 Å². The molecule has 0 amide bonds. The van der Waals surface area contributed by atoms with E-state index < -0.39 is 0 Å². The minimum Gasteiger partial charge on any atom is -0.278 e. The number of hydrogen-bond acceptors (Lipinski definition) is 1. The highest BCUT2D eigenvalue weighted by Crippen LogP contribution is 2.29. The number of benzene rings is 4. The molecule has 0 aliphatic carbocycles. The Kier molecular flexibility index (Phi) is 3.99. The van der Waals surface area contributed by atoms with E-state index in [-0.39, 0.29) is 0 Å². The van der Waals surface area contributed by atoms with Crippen LogP contribution in [-0.2, 0) is 6.42 Å². The Morgan fingerprint density at radius 3 is 2.30 bits per heavy atom. The average molecular weight is 452 g/mol. The minimum atomic E-state index is 0.876. The van der Waals surface area contributed by atoms with E-state index in [0.29, 0.717) is 0 Å². The number of aromatic nitrogens is 3. The van der Waals surface area contributed by atoms with Crippen LogP contribution < -0.4 is 0 Å². The van der Waals surface area contributed by atoms with Gasteiger partial charge in [0.15, 0.2) is 0 Å². The predicted molar refractivity (Wildman–Crippen MR) is 126 cm³/mol. The molecule has 0 radical (unpaired) electrons. The van der Waals surface area contributed by atoms with E-state index in [4.69, 9.17) is 4.98 Å². The van der Waals surface area contributed by atoms with Crippen LogP contribution in [0.2, 0.25) is 0 Å². The number of hydrogen-bond donors (Lipinski definition) is 0. The monoisotopic (exact) mass is 451 g/mol. The summed E-state index contributed by atoms with van der Waals surface area (Å²) in [5, 5.41) is 0. The van der Waals surface area contributed by atoms with Gasteiger partial charge >= 0.3 is 0 Å². The lowest BCUT2D eigenvalue weighted by atomic mass is 10.0. The van der Waals surface area contributed by atoms with Crippen molar-refractivity contribution >= 4 is 43.8 Å². The Labute approximate surface area is 182 Å². The number of fused-ring (bicyclic) bond motifs is 5. The summed E-state index contributed by atoms with van der Waals surface area (Å²) >= 11 is 3.68. The van der Waals surface area contributed by atoms with Gasteiger partial charge in [-0.15, -0.1) is 0 Å².